The van der Waals surface area contributed by atoms with Crippen molar-refractivity contribution in [2.45, 2.75) is 13.0 Å². The molecule has 132 valence electrons. The van der Waals surface area contributed by atoms with Gasteiger partial charge in [-0.1, -0.05) is 12.1 Å². The van der Waals surface area contributed by atoms with Crippen LogP contribution < -0.4 is 4.90 Å². The van der Waals surface area contributed by atoms with Gasteiger partial charge in [0.1, 0.15) is 5.82 Å². The fourth-order valence-electron chi connectivity index (χ4n) is 2.96. The number of aliphatic hydroxyl groups excluding tert-OH is 1. The van der Waals surface area contributed by atoms with E-state index in [4.69, 9.17) is 0 Å². The number of halogens is 1. The van der Waals surface area contributed by atoms with Crippen LogP contribution in [0.5, 0.6) is 0 Å². The first-order chi connectivity index (χ1) is 12.3. The molecule has 26 heavy (non-hydrogen) atoms. The molecular formula is C18H13FN2O5. The summed E-state index contributed by atoms with van der Waals surface area (Å²) in [6, 6.07) is 9.32. The molecule has 0 aromatic heterocycles. The van der Waals surface area contributed by atoms with Crippen LogP contribution in [0.1, 0.15) is 18.5 Å². The van der Waals surface area contributed by atoms with Gasteiger partial charge in [-0.25, -0.2) is 4.39 Å². The van der Waals surface area contributed by atoms with E-state index >= 15 is 0 Å². The summed E-state index contributed by atoms with van der Waals surface area (Å²) in [4.78, 5) is 36.2. The molecule has 2 aromatic carbocycles. The van der Waals surface area contributed by atoms with Crippen molar-refractivity contribution in [1.29, 1.82) is 0 Å². The van der Waals surface area contributed by atoms with E-state index < -0.39 is 34.2 Å². The zero-order chi connectivity index (χ0) is 19.0. The molecule has 0 unspecified atom stereocenters. The lowest BCUT2D eigenvalue weighted by Crippen LogP contribution is -2.30. The second-order valence-corrected chi connectivity index (χ2v) is 5.72. The Morgan fingerprint density at radius 3 is 2.46 bits per heavy atom. The molecule has 1 aliphatic heterocycles. The molecule has 0 radical (unpaired) electrons. The van der Waals surface area contributed by atoms with Crippen LogP contribution in [0, 0.1) is 15.9 Å². The maximum atomic E-state index is 13.2. The number of carbonyl (C=O) groups excluding carboxylic acids is 2. The van der Waals surface area contributed by atoms with Crippen LogP contribution in [0.4, 0.5) is 15.8 Å². The molecule has 2 aromatic rings. The molecule has 3 rings (SSSR count). The van der Waals surface area contributed by atoms with E-state index in [1.807, 2.05) is 0 Å². The minimum Gasteiger partial charge on any atom is -0.503 e. The van der Waals surface area contributed by atoms with E-state index in [9.17, 15) is 29.2 Å². The number of amides is 1. The van der Waals surface area contributed by atoms with E-state index in [1.54, 1.807) is 0 Å². The van der Waals surface area contributed by atoms with Crippen LogP contribution in [0.25, 0.3) is 0 Å². The van der Waals surface area contributed by atoms with Gasteiger partial charge in [-0.05, 0) is 36.8 Å². The summed E-state index contributed by atoms with van der Waals surface area (Å²) < 4.78 is 13.2. The Hall–Kier alpha value is -3.55. The second-order valence-electron chi connectivity index (χ2n) is 5.72. The Morgan fingerprint density at radius 2 is 1.88 bits per heavy atom. The average Bonchev–Trinajstić information content (AvgIpc) is 2.87. The number of anilines is 1. The van der Waals surface area contributed by atoms with Gasteiger partial charge in [0.15, 0.2) is 11.5 Å². The maximum absolute atomic E-state index is 13.2. The van der Waals surface area contributed by atoms with Crippen molar-refractivity contribution < 1.29 is 24.0 Å². The Balaban J connectivity index is 2.19. The quantitative estimate of drug-likeness (QED) is 0.669. The van der Waals surface area contributed by atoms with Crippen LogP contribution in [0.15, 0.2) is 59.9 Å². The van der Waals surface area contributed by atoms with Crippen LogP contribution in [-0.2, 0) is 9.59 Å². The Labute approximate surface area is 147 Å². The van der Waals surface area contributed by atoms with E-state index in [0.29, 0.717) is 0 Å². The first-order valence-electron chi connectivity index (χ1n) is 7.59. The standard InChI is InChI=1S/C18H13FN2O5/c1-10(22)15-16(11-3-2-4-14(9-11)21(25)26)20(18(24)17(15)23)13-7-5-12(19)6-8-13/h2-9,16,23H,1H3/t16-/m0/s1. The van der Waals surface area contributed by atoms with Gasteiger partial charge >= 0.3 is 0 Å². The third kappa shape index (κ3) is 2.81. The van der Waals surface area contributed by atoms with Gasteiger partial charge in [-0.3, -0.25) is 24.6 Å². The third-order valence-corrected chi connectivity index (χ3v) is 4.09. The van der Waals surface area contributed by atoms with E-state index in [-0.39, 0.29) is 22.5 Å². The molecule has 0 spiro atoms. The fraction of sp³-hybridized carbons (Fsp3) is 0.111. The number of non-ortho nitro benzene ring substituents is 1. The van der Waals surface area contributed by atoms with Gasteiger partial charge in [0.2, 0.25) is 0 Å². The number of hydrogen-bond donors (Lipinski definition) is 1. The molecule has 1 atom stereocenters. The predicted octanol–water partition coefficient (Wildman–Crippen LogP) is 3.22. The van der Waals surface area contributed by atoms with E-state index in [0.717, 1.165) is 17.0 Å². The van der Waals surface area contributed by atoms with Crippen molar-refractivity contribution in [2.75, 3.05) is 4.90 Å². The van der Waals surface area contributed by atoms with Crippen LogP contribution in [0.2, 0.25) is 0 Å². The Bertz CT molecular complexity index is 952. The number of nitro benzene ring substituents is 1. The lowest BCUT2D eigenvalue weighted by Gasteiger charge is -2.26. The molecule has 0 saturated heterocycles. The highest BCUT2D eigenvalue weighted by Gasteiger charge is 2.43. The number of hydrogen-bond acceptors (Lipinski definition) is 5. The van der Waals surface area contributed by atoms with Crippen molar-refractivity contribution in [3.05, 3.63) is 81.4 Å². The van der Waals surface area contributed by atoms with Crippen molar-refractivity contribution in [3.8, 4) is 0 Å². The average molecular weight is 356 g/mol. The maximum Gasteiger partial charge on any atom is 0.294 e. The van der Waals surface area contributed by atoms with Crippen molar-refractivity contribution >= 4 is 23.1 Å². The summed E-state index contributed by atoms with van der Waals surface area (Å²) in [5.41, 5.74) is 0.143. The molecule has 0 fully saturated rings. The van der Waals surface area contributed by atoms with Crippen LogP contribution >= 0.6 is 0 Å². The van der Waals surface area contributed by atoms with E-state index in [1.165, 1.54) is 43.3 Å². The van der Waals surface area contributed by atoms with Crippen molar-refractivity contribution in [1.82, 2.24) is 0 Å². The highest BCUT2D eigenvalue weighted by molar-refractivity contribution is 6.16. The molecule has 8 heteroatoms. The first-order valence-corrected chi connectivity index (χ1v) is 7.59. The van der Waals surface area contributed by atoms with E-state index in [2.05, 4.69) is 0 Å². The second kappa shape index (κ2) is 6.40. The first kappa shape index (κ1) is 17.3. The summed E-state index contributed by atoms with van der Waals surface area (Å²) in [5, 5.41) is 21.2. The summed E-state index contributed by atoms with van der Waals surface area (Å²) in [6.45, 7) is 1.19. The molecule has 1 heterocycles. The lowest BCUT2D eigenvalue weighted by molar-refractivity contribution is -0.384. The van der Waals surface area contributed by atoms with Gasteiger partial charge in [-0.15, -0.1) is 0 Å². The van der Waals surface area contributed by atoms with Crippen molar-refractivity contribution in [3.63, 3.8) is 0 Å². The topological polar surface area (TPSA) is 101 Å². The SMILES string of the molecule is CC(=O)C1=C(O)C(=O)N(c2ccc(F)cc2)[C@H]1c1cccc([N+](=O)[O-])c1. The zero-order valence-corrected chi connectivity index (χ0v) is 13.5. The van der Waals surface area contributed by atoms with Gasteiger partial charge in [0.25, 0.3) is 11.6 Å². The number of carbonyl (C=O) groups is 2. The number of nitrogens with zero attached hydrogens (tertiary/aromatic N) is 2. The number of Topliss-reactive ketones (excluding diaryl/α,β-unsaturated/α-hetero) is 1. The molecule has 0 saturated carbocycles. The van der Waals surface area contributed by atoms with Gasteiger partial charge in [0, 0.05) is 17.8 Å². The molecule has 1 amide bonds. The summed E-state index contributed by atoms with van der Waals surface area (Å²) in [5.74, 6) is -2.62. The minimum atomic E-state index is -1.05. The lowest BCUT2D eigenvalue weighted by atomic mass is 9.96. The third-order valence-electron chi connectivity index (χ3n) is 4.09. The van der Waals surface area contributed by atoms with Crippen LogP contribution in [-0.4, -0.2) is 21.7 Å². The summed E-state index contributed by atoms with van der Waals surface area (Å²) >= 11 is 0. The molecule has 7 nitrogen and oxygen atoms in total. The highest BCUT2D eigenvalue weighted by atomic mass is 19.1. The normalized spacial score (nSPS) is 16.9. The van der Waals surface area contributed by atoms with Gasteiger partial charge in [-0.2, -0.15) is 0 Å². The zero-order valence-electron chi connectivity index (χ0n) is 13.5. The summed E-state index contributed by atoms with van der Waals surface area (Å²) in [7, 11) is 0. The molecule has 1 aliphatic rings. The Kier molecular flexibility index (Phi) is 4.25. The number of ketones is 1. The van der Waals surface area contributed by atoms with Gasteiger partial charge in [0.05, 0.1) is 16.5 Å². The number of benzene rings is 2. The predicted molar refractivity (Wildman–Crippen MR) is 90.1 cm³/mol. The smallest absolute Gasteiger partial charge is 0.294 e. The van der Waals surface area contributed by atoms with Crippen molar-refractivity contribution in [2.24, 2.45) is 0 Å². The number of aliphatic hydroxyl groups is 1. The molecule has 1 N–H and O–H groups in total. The highest BCUT2D eigenvalue weighted by Crippen LogP contribution is 2.41. The molecule has 0 aliphatic carbocycles. The fourth-order valence-corrected chi connectivity index (χ4v) is 2.96. The van der Waals surface area contributed by atoms with Gasteiger partial charge < -0.3 is 5.11 Å². The molecule has 0 bridgehead atoms. The van der Waals surface area contributed by atoms with Crippen LogP contribution in [0.3, 0.4) is 0 Å². The molecular weight excluding hydrogens is 343 g/mol. The largest absolute Gasteiger partial charge is 0.503 e. The minimum absolute atomic E-state index is 0.167. The summed E-state index contributed by atoms with van der Waals surface area (Å²) in [6.07, 6.45) is 0. The number of nitro groups is 1. The Morgan fingerprint density at radius 1 is 1.23 bits per heavy atom. The monoisotopic (exact) mass is 356 g/mol. The number of rotatable bonds is 4.